The maximum atomic E-state index is 10.6. The largest absolute Gasteiger partial charge is 0.481 e. The van der Waals surface area contributed by atoms with Crippen LogP contribution in [0.25, 0.3) is 0 Å². The van der Waals surface area contributed by atoms with Crippen LogP contribution in [-0.4, -0.2) is 22.2 Å². The van der Waals surface area contributed by atoms with E-state index in [2.05, 4.69) is 0 Å². The minimum Gasteiger partial charge on any atom is -0.481 e. The van der Waals surface area contributed by atoms with Crippen molar-refractivity contribution in [3.05, 3.63) is 0 Å². The standard InChI is InChI=1S/C11H20O4/c1-10(2,5-8(12)13)7-11(3,4)6-9(14)15/h5-7H2,1-4H3,(H,12,13)(H,14,15). The highest BCUT2D eigenvalue weighted by Gasteiger charge is 2.32. The SMILES string of the molecule is CC(C)(CC(=O)O)CC(C)(C)CC(=O)O. The van der Waals surface area contributed by atoms with Crippen molar-refractivity contribution in [3.8, 4) is 0 Å². The van der Waals surface area contributed by atoms with Gasteiger partial charge in [0.25, 0.3) is 0 Å². The van der Waals surface area contributed by atoms with Gasteiger partial charge < -0.3 is 10.2 Å². The number of rotatable bonds is 6. The first-order chi connectivity index (χ1) is 6.54. The minimum atomic E-state index is -0.842. The molecule has 4 heteroatoms. The lowest BCUT2D eigenvalue weighted by Crippen LogP contribution is -2.27. The lowest BCUT2D eigenvalue weighted by molar-refractivity contribution is -0.140. The van der Waals surface area contributed by atoms with Crippen molar-refractivity contribution in [3.63, 3.8) is 0 Å². The van der Waals surface area contributed by atoms with E-state index in [9.17, 15) is 9.59 Å². The van der Waals surface area contributed by atoms with Crippen molar-refractivity contribution in [1.82, 2.24) is 0 Å². The highest BCUT2D eigenvalue weighted by Crippen LogP contribution is 2.38. The van der Waals surface area contributed by atoms with E-state index in [1.807, 2.05) is 27.7 Å². The van der Waals surface area contributed by atoms with Crippen LogP contribution < -0.4 is 0 Å². The van der Waals surface area contributed by atoms with Gasteiger partial charge in [-0.2, -0.15) is 0 Å². The van der Waals surface area contributed by atoms with Crippen molar-refractivity contribution in [2.45, 2.75) is 47.0 Å². The monoisotopic (exact) mass is 216 g/mol. The van der Waals surface area contributed by atoms with Gasteiger partial charge in [0.15, 0.2) is 0 Å². The summed E-state index contributed by atoms with van der Waals surface area (Å²) in [5, 5.41) is 17.4. The van der Waals surface area contributed by atoms with Gasteiger partial charge in [0.05, 0.1) is 12.8 Å². The van der Waals surface area contributed by atoms with Gasteiger partial charge in [-0.3, -0.25) is 9.59 Å². The van der Waals surface area contributed by atoms with Crippen molar-refractivity contribution in [2.24, 2.45) is 10.8 Å². The molecule has 0 bridgehead atoms. The molecule has 0 spiro atoms. The first-order valence-electron chi connectivity index (χ1n) is 4.98. The molecule has 0 aromatic heterocycles. The van der Waals surface area contributed by atoms with Gasteiger partial charge in [-0.05, 0) is 17.3 Å². The fourth-order valence-electron chi connectivity index (χ4n) is 2.24. The van der Waals surface area contributed by atoms with Crippen LogP contribution in [0, 0.1) is 10.8 Å². The Bertz CT molecular complexity index is 227. The van der Waals surface area contributed by atoms with Crippen molar-refractivity contribution in [1.29, 1.82) is 0 Å². The summed E-state index contributed by atoms with van der Waals surface area (Å²) in [5.41, 5.74) is -0.741. The highest BCUT2D eigenvalue weighted by molar-refractivity contribution is 5.68. The number of aliphatic carboxylic acids is 2. The topological polar surface area (TPSA) is 74.6 Å². The van der Waals surface area contributed by atoms with Gasteiger partial charge in [-0.15, -0.1) is 0 Å². The Hall–Kier alpha value is -1.06. The number of carboxylic acids is 2. The Kier molecular flexibility index (Phi) is 4.31. The maximum absolute atomic E-state index is 10.6. The second kappa shape index (κ2) is 4.64. The van der Waals surface area contributed by atoms with Crippen LogP contribution in [0.1, 0.15) is 47.0 Å². The highest BCUT2D eigenvalue weighted by atomic mass is 16.4. The number of carboxylic acid groups (broad SMARTS) is 2. The smallest absolute Gasteiger partial charge is 0.303 e. The molecule has 0 unspecified atom stereocenters. The van der Waals surface area contributed by atoms with Gasteiger partial charge >= 0.3 is 11.9 Å². The average Bonchev–Trinajstić information content (AvgIpc) is 1.73. The quantitative estimate of drug-likeness (QED) is 0.714. The normalized spacial score (nSPS) is 12.5. The maximum Gasteiger partial charge on any atom is 0.303 e. The second-order valence-electron chi connectivity index (χ2n) is 5.65. The van der Waals surface area contributed by atoms with Crippen LogP contribution >= 0.6 is 0 Å². The van der Waals surface area contributed by atoms with Gasteiger partial charge in [0.2, 0.25) is 0 Å². The zero-order valence-corrected chi connectivity index (χ0v) is 9.83. The van der Waals surface area contributed by atoms with Crippen molar-refractivity contribution in [2.75, 3.05) is 0 Å². The molecule has 15 heavy (non-hydrogen) atoms. The minimum absolute atomic E-state index is 0.0655. The lowest BCUT2D eigenvalue weighted by atomic mass is 9.72. The molecule has 0 atom stereocenters. The molecule has 4 nitrogen and oxygen atoms in total. The van der Waals surface area contributed by atoms with Gasteiger partial charge in [-0.25, -0.2) is 0 Å². The zero-order valence-electron chi connectivity index (χ0n) is 9.83. The number of hydrogen-bond donors (Lipinski definition) is 2. The Morgan fingerprint density at radius 1 is 0.867 bits per heavy atom. The molecular formula is C11H20O4. The number of carbonyl (C=O) groups is 2. The predicted octanol–water partition coefficient (Wildman–Crippen LogP) is 2.38. The Morgan fingerprint density at radius 3 is 1.33 bits per heavy atom. The lowest BCUT2D eigenvalue weighted by Gasteiger charge is -2.32. The first-order valence-corrected chi connectivity index (χ1v) is 4.98. The van der Waals surface area contributed by atoms with E-state index < -0.39 is 11.9 Å². The summed E-state index contributed by atoms with van der Waals surface area (Å²) < 4.78 is 0. The second-order valence-corrected chi connectivity index (χ2v) is 5.65. The van der Waals surface area contributed by atoms with E-state index in [1.165, 1.54) is 0 Å². The van der Waals surface area contributed by atoms with Gasteiger partial charge in [0.1, 0.15) is 0 Å². The molecule has 2 N–H and O–H groups in total. The summed E-state index contributed by atoms with van der Waals surface area (Å²) >= 11 is 0. The molecule has 0 saturated carbocycles. The van der Waals surface area contributed by atoms with E-state index >= 15 is 0 Å². The van der Waals surface area contributed by atoms with Crippen LogP contribution in [0.5, 0.6) is 0 Å². The molecule has 0 aliphatic carbocycles. The third-order valence-electron chi connectivity index (χ3n) is 2.22. The van der Waals surface area contributed by atoms with Gasteiger partial charge in [0, 0.05) is 0 Å². The average molecular weight is 216 g/mol. The summed E-state index contributed by atoms with van der Waals surface area (Å²) in [7, 11) is 0. The van der Waals surface area contributed by atoms with Gasteiger partial charge in [-0.1, -0.05) is 27.7 Å². The van der Waals surface area contributed by atoms with E-state index in [0.29, 0.717) is 6.42 Å². The van der Waals surface area contributed by atoms with E-state index in [1.54, 1.807) is 0 Å². The predicted molar refractivity (Wildman–Crippen MR) is 56.7 cm³/mol. The summed E-state index contributed by atoms with van der Waals surface area (Å²) in [5.74, 6) is -1.68. The van der Waals surface area contributed by atoms with Crippen LogP contribution in [0.3, 0.4) is 0 Å². The molecular weight excluding hydrogens is 196 g/mol. The van der Waals surface area contributed by atoms with Crippen LogP contribution in [0.4, 0.5) is 0 Å². The zero-order chi connectivity index (χ0) is 12.3. The fourth-order valence-corrected chi connectivity index (χ4v) is 2.24. The fraction of sp³-hybridized carbons (Fsp3) is 0.818. The van der Waals surface area contributed by atoms with E-state index in [-0.39, 0.29) is 23.7 Å². The Morgan fingerprint density at radius 2 is 1.13 bits per heavy atom. The molecule has 0 saturated heterocycles. The van der Waals surface area contributed by atoms with Crippen LogP contribution in [0.2, 0.25) is 0 Å². The molecule has 88 valence electrons. The Labute approximate surface area is 90.3 Å². The van der Waals surface area contributed by atoms with Crippen molar-refractivity contribution >= 4 is 11.9 Å². The summed E-state index contributed by atoms with van der Waals surface area (Å²) in [6.07, 6.45) is 0.713. The van der Waals surface area contributed by atoms with E-state index in [4.69, 9.17) is 10.2 Å². The number of hydrogen-bond acceptors (Lipinski definition) is 2. The first kappa shape index (κ1) is 13.9. The van der Waals surface area contributed by atoms with Crippen LogP contribution in [0.15, 0.2) is 0 Å². The molecule has 0 rings (SSSR count). The summed E-state index contributed by atoms with van der Waals surface area (Å²) in [6.45, 7) is 7.41. The van der Waals surface area contributed by atoms with Crippen molar-refractivity contribution < 1.29 is 19.8 Å². The third-order valence-corrected chi connectivity index (χ3v) is 2.22. The summed E-state index contributed by atoms with van der Waals surface area (Å²) in [4.78, 5) is 21.2. The molecule has 0 fully saturated rings. The molecule has 0 radical (unpaired) electrons. The summed E-state index contributed by atoms with van der Waals surface area (Å²) in [6, 6.07) is 0. The molecule has 0 heterocycles. The molecule has 0 aromatic rings. The molecule has 0 amide bonds. The third kappa shape index (κ3) is 6.94. The van der Waals surface area contributed by atoms with Crippen LogP contribution in [-0.2, 0) is 9.59 Å². The molecule has 0 aromatic carbocycles. The Balaban J connectivity index is 4.42. The van der Waals surface area contributed by atoms with E-state index in [0.717, 1.165) is 0 Å². The molecule has 0 aliphatic heterocycles. The molecule has 0 aliphatic rings.